The van der Waals surface area contributed by atoms with E-state index in [1.165, 1.54) is 14.2 Å². The molecule has 4 atom stereocenters. The summed E-state index contributed by atoms with van der Waals surface area (Å²) in [5.41, 5.74) is -0.581. The Morgan fingerprint density at radius 1 is 1.18 bits per heavy atom. The lowest BCUT2D eigenvalue weighted by atomic mass is 9.78. The average Bonchev–Trinajstić information content (AvgIpc) is 3.17. The predicted octanol–water partition coefficient (Wildman–Crippen LogP) is 1.29. The summed E-state index contributed by atoms with van der Waals surface area (Å²) in [6.45, 7) is 3.71. The molecule has 0 saturated carbocycles. The van der Waals surface area contributed by atoms with E-state index >= 15 is 0 Å². The Hall–Kier alpha value is -2.61. The second-order valence-corrected chi connectivity index (χ2v) is 7.01. The molecular weight excluding hydrogens is 364 g/mol. The van der Waals surface area contributed by atoms with Crippen molar-refractivity contribution in [1.29, 1.82) is 0 Å². The normalized spacial score (nSPS) is 29.0. The van der Waals surface area contributed by atoms with Crippen molar-refractivity contribution in [3.8, 4) is 11.5 Å². The number of amides is 2. The van der Waals surface area contributed by atoms with E-state index in [1.807, 2.05) is 6.92 Å². The van der Waals surface area contributed by atoms with E-state index in [2.05, 4.69) is 5.32 Å². The quantitative estimate of drug-likeness (QED) is 0.578. The number of carbonyl (C=O) groups excluding carboxylic acids is 3. The van der Waals surface area contributed by atoms with E-state index in [1.54, 1.807) is 32.2 Å². The zero-order valence-corrected chi connectivity index (χ0v) is 16.8. The van der Waals surface area contributed by atoms with Crippen molar-refractivity contribution in [3.63, 3.8) is 0 Å². The van der Waals surface area contributed by atoms with Gasteiger partial charge < -0.3 is 14.2 Å². The summed E-state index contributed by atoms with van der Waals surface area (Å²) in [4.78, 5) is 39.9. The molecule has 0 bridgehead atoms. The van der Waals surface area contributed by atoms with Gasteiger partial charge in [-0.2, -0.15) is 0 Å². The summed E-state index contributed by atoms with van der Waals surface area (Å²) >= 11 is 0. The fourth-order valence-corrected chi connectivity index (χ4v) is 4.41. The fourth-order valence-electron chi connectivity index (χ4n) is 4.41. The van der Waals surface area contributed by atoms with Crippen molar-refractivity contribution in [2.75, 3.05) is 27.9 Å². The number of imide groups is 1. The fraction of sp³-hybridized carbons (Fsp3) is 0.550. The first kappa shape index (κ1) is 20.1. The highest BCUT2D eigenvalue weighted by atomic mass is 16.5. The Bertz CT molecular complexity index is 810. The van der Waals surface area contributed by atoms with Gasteiger partial charge in [-0.15, -0.1) is 0 Å². The molecule has 2 heterocycles. The van der Waals surface area contributed by atoms with Crippen LogP contribution in [0.3, 0.4) is 0 Å². The first-order valence-electron chi connectivity index (χ1n) is 9.34. The number of hydrogen-bond donors (Lipinski definition) is 1. The number of carbonyl (C=O) groups is 3. The van der Waals surface area contributed by atoms with Crippen LogP contribution in [0.5, 0.6) is 11.5 Å². The number of rotatable bonds is 6. The van der Waals surface area contributed by atoms with Crippen LogP contribution in [0.25, 0.3) is 0 Å². The Morgan fingerprint density at radius 3 is 2.46 bits per heavy atom. The zero-order valence-electron chi connectivity index (χ0n) is 16.8. The summed E-state index contributed by atoms with van der Waals surface area (Å²) in [5, 5.41) is 3.29. The van der Waals surface area contributed by atoms with Crippen molar-refractivity contribution >= 4 is 17.8 Å². The molecule has 2 aliphatic heterocycles. The van der Waals surface area contributed by atoms with E-state index in [4.69, 9.17) is 14.2 Å². The van der Waals surface area contributed by atoms with Gasteiger partial charge in [-0.3, -0.25) is 24.6 Å². The molecule has 1 aromatic rings. The van der Waals surface area contributed by atoms with E-state index in [9.17, 15) is 14.4 Å². The summed E-state index contributed by atoms with van der Waals surface area (Å²) < 4.78 is 16.0. The SMILES string of the molecule is CCOC(=O)[C@@]1(CC)N[C@@H](c2ccc(OC)cc2OC)[C@H]2C(=O)N(C)C(=O)[C@H]21. The number of methoxy groups -OCH3 is 2. The van der Waals surface area contributed by atoms with Gasteiger partial charge in [0.05, 0.1) is 32.7 Å². The first-order valence-corrected chi connectivity index (χ1v) is 9.34. The third-order valence-corrected chi connectivity index (χ3v) is 5.85. The van der Waals surface area contributed by atoms with Gasteiger partial charge in [0, 0.05) is 24.7 Å². The maximum atomic E-state index is 12.9. The molecule has 28 heavy (non-hydrogen) atoms. The lowest BCUT2D eigenvalue weighted by molar-refractivity contribution is -0.156. The van der Waals surface area contributed by atoms with E-state index in [0.717, 1.165) is 4.90 Å². The molecule has 1 aromatic carbocycles. The van der Waals surface area contributed by atoms with Crippen LogP contribution in [0, 0.1) is 11.8 Å². The van der Waals surface area contributed by atoms with Crippen LogP contribution in [-0.2, 0) is 19.1 Å². The van der Waals surface area contributed by atoms with Gasteiger partial charge >= 0.3 is 5.97 Å². The molecule has 8 nitrogen and oxygen atoms in total. The summed E-state index contributed by atoms with van der Waals surface area (Å²) in [6, 6.07) is 4.69. The number of nitrogens with zero attached hydrogens (tertiary/aromatic N) is 1. The van der Waals surface area contributed by atoms with Crippen molar-refractivity contribution < 1.29 is 28.6 Å². The minimum Gasteiger partial charge on any atom is -0.497 e. The number of fused-ring (bicyclic) bond motifs is 1. The molecule has 2 amide bonds. The molecule has 152 valence electrons. The van der Waals surface area contributed by atoms with Crippen LogP contribution in [0.4, 0.5) is 0 Å². The monoisotopic (exact) mass is 390 g/mol. The first-order chi connectivity index (χ1) is 13.4. The molecular formula is C20H26N2O6. The molecule has 0 radical (unpaired) electrons. The van der Waals surface area contributed by atoms with Gasteiger partial charge in [0.1, 0.15) is 17.0 Å². The van der Waals surface area contributed by atoms with Crippen LogP contribution >= 0.6 is 0 Å². The van der Waals surface area contributed by atoms with Crippen molar-refractivity contribution in [2.24, 2.45) is 11.8 Å². The van der Waals surface area contributed by atoms with Gasteiger partial charge in [0.2, 0.25) is 11.8 Å². The standard InChI is InChI=1S/C20H26N2O6/c1-6-20(19(25)28-7-2)15-14(17(23)22(3)18(15)24)16(21-20)12-9-8-11(26-4)10-13(12)27-5/h8-10,14-16,21H,6-7H2,1-5H3/t14-,15-,16-,20-/m0/s1. The summed E-state index contributed by atoms with van der Waals surface area (Å²) in [7, 11) is 4.53. The lowest BCUT2D eigenvalue weighted by Gasteiger charge is -2.31. The molecule has 8 heteroatoms. The highest BCUT2D eigenvalue weighted by Gasteiger charge is 2.67. The Balaban J connectivity index is 2.15. The Labute approximate surface area is 164 Å². The lowest BCUT2D eigenvalue weighted by Crippen LogP contribution is -2.55. The minimum absolute atomic E-state index is 0.189. The number of nitrogens with one attached hydrogen (secondary N) is 1. The van der Waals surface area contributed by atoms with Crippen molar-refractivity contribution in [2.45, 2.75) is 31.8 Å². The highest BCUT2D eigenvalue weighted by molar-refractivity contribution is 6.09. The maximum absolute atomic E-state index is 12.9. The minimum atomic E-state index is -1.27. The Kier molecular flexibility index (Phi) is 5.34. The van der Waals surface area contributed by atoms with Gasteiger partial charge in [-0.05, 0) is 19.4 Å². The largest absolute Gasteiger partial charge is 0.497 e. The third-order valence-electron chi connectivity index (χ3n) is 5.85. The van der Waals surface area contributed by atoms with Gasteiger partial charge in [-0.25, -0.2) is 0 Å². The van der Waals surface area contributed by atoms with E-state index in [-0.39, 0.29) is 18.4 Å². The molecule has 2 fully saturated rings. The second kappa shape index (κ2) is 7.43. The van der Waals surface area contributed by atoms with Crippen LogP contribution in [0.2, 0.25) is 0 Å². The second-order valence-electron chi connectivity index (χ2n) is 7.01. The number of benzene rings is 1. The zero-order chi connectivity index (χ0) is 20.6. The summed E-state index contributed by atoms with van der Waals surface area (Å²) in [5.74, 6) is -1.62. The molecule has 0 spiro atoms. The number of ether oxygens (including phenoxy) is 3. The third kappa shape index (κ3) is 2.74. The number of hydrogen-bond acceptors (Lipinski definition) is 7. The Morgan fingerprint density at radius 2 is 1.89 bits per heavy atom. The number of likely N-dealkylation sites (tertiary alicyclic amines) is 1. The van der Waals surface area contributed by atoms with E-state index in [0.29, 0.717) is 23.5 Å². The predicted molar refractivity (Wildman–Crippen MR) is 99.8 cm³/mol. The molecule has 2 saturated heterocycles. The van der Waals surface area contributed by atoms with Crippen LogP contribution in [0.15, 0.2) is 18.2 Å². The average molecular weight is 390 g/mol. The van der Waals surface area contributed by atoms with Gasteiger partial charge in [0.25, 0.3) is 0 Å². The van der Waals surface area contributed by atoms with E-state index < -0.39 is 29.4 Å². The molecule has 0 unspecified atom stereocenters. The van der Waals surface area contributed by atoms with Crippen LogP contribution < -0.4 is 14.8 Å². The van der Waals surface area contributed by atoms with Crippen molar-refractivity contribution in [1.82, 2.24) is 10.2 Å². The molecule has 3 rings (SSSR count). The molecule has 0 aromatic heterocycles. The van der Waals surface area contributed by atoms with Crippen LogP contribution in [-0.4, -0.2) is 56.1 Å². The molecule has 0 aliphatic carbocycles. The van der Waals surface area contributed by atoms with Gasteiger partial charge in [-0.1, -0.05) is 13.0 Å². The highest BCUT2D eigenvalue weighted by Crippen LogP contribution is 2.51. The summed E-state index contributed by atoms with van der Waals surface area (Å²) in [6.07, 6.45) is 0.314. The van der Waals surface area contributed by atoms with Gasteiger partial charge in [0.15, 0.2) is 0 Å². The topological polar surface area (TPSA) is 94.2 Å². The number of esters is 1. The van der Waals surface area contributed by atoms with Crippen molar-refractivity contribution in [3.05, 3.63) is 23.8 Å². The molecule has 1 N–H and O–H groups in total. The molecule has 2 aliphatic rings. The van der Waals surface area contributed by atoms with Crippen LogP contribution in [0.1, 0.15) is 31.9 Å². The maximum Gasteiger partial charge on any atom is 0.327 e. The smallest absolute Gasteiger partial charge is 0.327 e.